The molecule has 0 bridgehead atoms. The maximum absolute atomic E-state index is 11.9. The number of likely N-dealkylation sites (tertiary alicyclic amines) is 1. The van der Waals surface area contributed by atoms with E-state index in [0.29, 0.717) is 11.7 Å². The molecule has 1 aliphatic heterocycles. The summed E-state index contributed by atoms with van der Waals surface area (Å²) in [6.45, 7) is 2.24. The largest absolute Gasteiger partial charge is 0.394 e. The van der Waals surface area contributed by atoms with Crippen molar-refractivity contribution in [3.05, 3.63) is 28.7 Å². The van der Waals surface area contributed by atoms with Crippen LogP contribution >= 0.6 is 0 Å². The van der Waals surface area contributed by atoms with Crippen molar-refractivity contribution in [1.29, 1.82) is 0 Å². The van der Waals surface area contributed by atoms with E-state index in [4.69, 9.17) is 5.73 Å². The van der Waals surface area contributed by atoms with Crippen LogP contribution in [-0.2, 0) is 0 Å². The van der Waals surface area contributed by atoms with Crippen LogP contribution in [0.3, 0.4) is 0 Å². The van der Waals surface area contributed by atoms with Crippen molar-refractivity contribution < 1.29 is 0 Å². The molecule has 1 saturated carbocycles. The van der Waals surface area contributed by atoms with Crippen molar-refractivity contribution in [1.82, 2.24) is 9.47 Å². The third-order valence-corrected chi connectivity index (χ3v) is 3.96. The number of nitrogen functional groups attached to an aromatic ring is 1. The Morgan fingerprint density at radius 3 is 2.47 bits per heavy atom. The van der Waals surface area contributed by atoms with E-state index >= 15 is 0 Å². The molecule has 92 valence electrons. The summed E-state index contributed by atoms with van der Waals surface area (Å²) in [6, 6.07) is 4.72. The van der Waals surface area contributed by atoms with Crippen LogP contribution in [0.2, 0.25) is 0 Å². The average Bonchev–Trinajstić information content (AvgIpc) is 3.17. The minimum Gasteiger partial charge on any atom is -0.394 e. The van der Waals surface area contributed by atoms with Gasteiger partial charge in [0, 0.05) is 31.4 Å². The standard InChI is InChI=1S/C13H19N3O/c14-12-2-1-7-16(13(12)17)11-5-8-15(9-6-11)10-3-4-10/h1-2,7,10-11H,3-6,8-9,14H2. The molecule has 3 rings (SSSR count). The lowest BCUT2D eigenvalue weighted by Gasteiger charge is -2.32. The average molecular weight is 233 g/mol. The van der Waals surface area contributed by atoms with E-state index < -0.39 is 0 Å². The Balaban J connectivity index is 1.73. The zero-order valence-corrected chi connectivity index (χ0v) is 10.0. The Bertz CT molecular complexity index is 456. The lowest BCUT2D eigenvalue weighted by atomic mass is 10.0. The Labute approximate surface area is 101 Å². The van der Waals surface area contributed by atoms with Gasteiger partial charge in [-0.3, -0.25) is 4.79 Å². The fraction of sp³-hybridized carbons (Fsp3) is 0.615. The van der Waals surface area contributed by atoms with Gasteiger partial charge < -0.3 is 15.2 Å². The Hall–Kier alpha value is -1.29. The van der Waals surface area contributed by atoms with Gasteiger partial charge in [0.05, 0.1) is 5.69 Å². The molecule has 0 radical (unpaired) electrons. The highest BCUT2D eigenvalue weighted by molar-refractivity contribution is 5.33. The first-order chi connectivity index (χ1) is 8.25. The number of hydrogen-bond acceptors (Lipinski definition) is 3. The number of nitrogens with two attached hydrogens (primary N) is 1. The maximum atomic E-state index is 11.9. The lowest BCUT2D eigenvalue weighted by Crippen LogP contribution is -2.38. The minimum atomic E-state index is -0.0302. The molecule has 4 nitrogen and oxygen atoms in total. The highest BCUT2D eigenvalue weighted by Gasteiger charge is 2.32. The van der Waals surface area contributed by atoms with Crippen LogP contribution in [0.15, 0.2) is 23.1 Å². The molecule has 2 aliphatic rings. The van der Waals surface area contributed by atoms with Crippen molar-refractivity contribution in [2.24, 2.45) is 0 Å². The van der Waals surface area contributed by atoms with Gasteiger partial charge >= 0.3 is 0 Å². The van der Waals surface area contributed by atoms with E-state index in [1.54, 1.807) is 6.07 Å². The molecular formula is C13H19N3O. The predicted octanol–water partition coefficient (Wildman–Crippen LogP) is 1.23. The first kappa shape index (κ1) is 10.8. The van der Waals surface area contributed by atoms with Gasteiger partial charge in [-0.15, -0.1) is 0 Å². The van der Waals surface area contributed by atoms with Crippen LogP contribution in [0.25, 0.3) is 0 Å². The predicted molar refractivity (Wildman–Crippen MR) is 68.0 cm³/mol. The summed E-state index contributed by atoms with van der Waals surface area (Å²) < 4.78 is 1.82. The molecule has 1 aliphatic carbocycles. The monoisotopic (exact) mass is 233 g/mol. The number of nitrogens with zero attached hydrogens (tertiary/aromatic N) is 2. The summed E-state index contributed by atoms with van der Waals surface area (Å²) in [4.78, 5) is 14.5. The van der Waals surface area contributed by atoms with Crippen molar-refractivity contribution in [2.75, 3.05) is 18.8 Å². The molecule has 1 aromatic rings. The van der Waals surface area contributed by atoms with Crippen LogP contribution < -0.4 is 11.3 Å². The zero-order valence-electron chi connectivity index (χ0n) is 10.0. The van der Waals surface area contributed by atoms with Crippen molar-refractivity contribution in [3.63, 3.8) is 0 Å². The molecule has 0 atom stereocenters. The van der Waals surface area contributed by atoms with Gasteiger partial charge in [0.2, 0.25) is 0 Å². The van der Waals surface area contributed by atoms with Gasteiger partial charge in [0.25, 0.3) is 5.56 Å². The summed E-state index contributed by atoms with van der Waals surface area (Å²) in [5.41, 5.74) is 6.00. The van der Waals surface area contributed by atoms with Crippen molar-refractivity contribution in [2.45, 2.75) is 37.8 Å². The first-order valence-corrected chi connectivity index (χ1v) is 6.46. The smallest absolute Gasteiger partial charge is 0.273 e. The van der Waals surface area contributed by atoms with Crippen molar-refractivity contribution >= 4 is 5.69 Å². The highest BCUT2D eigenvalue weighted by atomic mass is 16.1. The minimum absolute atomic E-state index is 0.0302. The molecule has 17 heavy (non-hydrogen) atoms. The first-order valence-electron chi connectivity index (χ1n) is 6.46. The van der Waals surface area contributed by atoms with Crippen LogP contribution in [0.1, 0.15) is 31.7 Å². The molecule has 0 spiro atoms. The number of anilines is 1. The second kappa shape index (κ2) is 4.18. The number of piperidine rings is 1. The van der Waals surface area contributed by atoms with E-state index in [1.165, 1.54) is 12.8 Å². The molecule has 2 heterocycles. The molecule has 1 saturated heterocycles. The van der Waals surface area contributed by atoms with Gasteiger partial charge in [-0.2, -0.15) is 0 Å². The summed E-state index contributed by atoms with van der Waals surface area (Å²) >= 11 is 0. The van der Waals surface area contributed by atoms with Crippen molar-refractivity contribution in [3.8, 4) is 0 Å². The Kier molecular flexibility index (Phi) is 2.67. The number of hydrogen-bond donors (Lipinski definition) is 1. The van der Waals surface area contributed by atoms with Gasteiger partial charge in [-0.25, -0.2) is 0 Å². The summed E-state index contributed by atoms with van der Waals surface area (Å²) in [5.74, 6) is 0. The van der Waals surface area contributed by atoms with Crippen LogP contribution in [0.4, 0.5) is 5.69 Å². The molecule has 0 unspecified atom stereocenters. The molecule has 1 aromatic heterocycles. The third kappa shape index (κ3) is 2.09. The molecule has 0 aromatic carbocycles. The number of rotatable bonds is 2. The van der Waals surface area contributed by atoms with Gasteiger partial charge in [0.15, 0.2) is 0 Å². The van der Waals surface area contributed by atoms with E-state index in [2.05, 4.69) is 4.90 Å². The lowest BCUT2D eigenvalue weighted by molar-refractivity contribution is 0.177. The maximum Gasteiger partial charge on any atom is 0.273 e. The van der Waals surface area contributed by atoms with E-state index in [0.717, 1.165) is 32.0 Å². The highest BCUT2D eigenvalue weighted by Crippen LogP contribution is 2.31. The van der Waals surface area contributed by atoms with E-state index in [-0.39, 0.29) is 5.56 Å². The molecule has 2 N–H and O–H groups in total. The van der Waals surface area contributed by atoms with E-state index in [9.17, 15) is 4.79 Å². The number of aromatic nitrogens is 1. The molecule has 0 amide bonds. The summed E-state index contributed by atoms with van der Waals surface area (Å²) in [7, 11) is 0. The molecule has 2 fully saturated rings. The van der Waals surface area contributed by atoms with Crippen LogP contribution in [0.5, 0.6) is 0 Å². The van der Waals surface area contributed by atoms with Gasteiger partial charge in [0.1, 0.15) is 0 Å². The van der Waals surface area contributed by atoms with Gasteiger partial charge in [-0.05, 0) is 37.8 Å². The summed E-state index contributed by atoms with van der Waals surface area (Å²) in [6.07, 6.45) is 6.74. The molecule has 4 heteroatoms. The quantitative estimate of drug-likeness (QED) is 0.836. The second-order valence-electron chi connectivity index (χ2n) is 5.17. The topological polar surface area (TPSA) is 51.3 Å². The van der Waals surface area contributed by atoms with Crippen LogP contribution in [0, 0.1) is 0 Å². The zero-order chi connectivity index (χ0) is 11.8. The Morgan fingerprint density at radius 1 is 1.12 bits per heavy atom. The Morgan fingerprint density at radius 2 is 1.82 bits per heavy atom. The molecular weight excluding hydrogens is 214 g/mol. The van der Waals surface area contributed by atoms with Gasteiger partial charge in [-0.1, -0.05) is 0 Å². The number of pyridine rings is 1. The normalized spacial score (nSPS) is 22.8. The SMILES string of the molecule is Nc1cccn(C2CCN(C3CC3)CC2)c1=O. The second-order valence-corrected chi connectivity index (χ2v) is 5.17. The van der Waals surface area contributed by atoms with E-state index in [1.807, 2.05) is 16.8 Å². The fourth-order valence-corrected chi connectivity index (χ4v) is 2.78. The fourth-order valence-electron chi connectivity index (χ4n) is 2.78. The third-order valence-electron chi connectivity index (χ3n) is 3.96. The van der Waals surface area contributed by atoms with Crippen LogP contribution in [-0.4, -0.2) is 28.6 Å². The summed E-state index contributed by atoms with van der Waals surface area (Å²) in [5, 5.41) is 0.